The zero-order valence-corrected chi connectivity index (χ0v) is 18.3. The molecule has 3 heterocycles. The Morgan fingerprint density at radius 3 is 2.42 bits per heavy atom. The second kappa shape index (κ2) is 8.33. The largest absolute Gasteiger partial charge is 0.493 e. The van der Waals surface area contributed by atoms with Crippen LogP contribution >= 0.6 is 0 Å². The summed E-state index contributed by atoms with van der Waals surface area (Å²) >= 11 is 0. The minimum absolute atomic E-state index is 0.0473. The van der Waals surface area contributed by atoms with Crippen LogP contribution in [0.5, 0.6) is 23.1 Å². The third-order valence-corrected chi connectivity index (χ3v) is 5.51. The third kappa shape index (κ3) is 3.95. The van der Waals surface area contributed by atoms with Gasteiger partial charge >= 0.3 is 0 Å². The Kier molecular flexibility index (Phi) is 5.58. The van der Waals surface area contributed by atoms with Crippen molar-refractivity contribution < 1.29 is 23.7 Å². The molecule has 1 aliphatic heterocycles. The molecule has 0 bridgehead atoms. The first kappa shape index (κ1) is 20.8. The first-order valence-corrected chi connectivity index (χ1v) is 10.0. The number of nitrogens with zero attached hydrogens (tertiary/aromatic N) is 3. The van der Waals surface area contributed by atoms with Crippen molar-refractivity contribution in [3.05, 3.63) is 24.4 Å². The third-order valence-electron chi connectivity index (χ3n) is 5.51. The molecule has 0 aliphatic carbocycles. The van der Waals surface area contributed by atoms with Gasteiger partial charge in [-0.15, -0.1) is 0 Å². The van der Waals surface area contributed by atoms with E-state index in [9.17, 15) is 4.79 Å². The van der Waals surface area contributed by atoms with Crippen LogP contribution in [0.4, 0.5) is 0 Å². The summed E-state index contributed by atoms with van der Waals surface area (Å²) in [6, 6.07) is 5.57. The Balaban J connectivity index is 1.78. The fourth-order valence-corrected chi connectivity index (χ4v) is 3.81. The highest BCUT2D eigenvalue weighted by atomic mass is 16.5. The molecule has 9 heteroatoms. The van der Waals surface area contributed by atoms with Crippen LogP contribution in [0, 0.1) is 5.92 Å². The smallest absolute Gasteiger partial charge is 0.225 e. The number of ether oxygens (including phenoxy) is 4. The molecule has 9 nitrogen and oxygen atoms in total. The molecule has 1 amide bonds. The van der Waals surface area contributed by atoms with Gasteiger partial charge in [0.2, 0.25) is 17.5 Å². The molecule has 2 unspecified atom stereocenters. The van der Waals surface area contributed by atoms with Crippen molar-refractivity contribution >= 4 is 16.8 Å². The van der Waals surface area contributed by atoms with Gasteiger partial charge < -0.3 is 24.3 Å². The monoisotopic (exact) mass is 426 g/mol. The number of nitrogens with one attached hydrogen (secondary N) is 1. The fourth-order valence-electron chi connectivity index (χ4n) is 3.81. The van der Waals surface area contributed by atoms with Crippen molar-refractivity contribution in [2.45, 2.75) is 19.4 Å². The molecule has 0 spiro atoms. The maximum absolute atomic E-state index is 11.6. The fraction of sp³-hybridized carbons (Fsp3) is 0.409. The van der Waals surface area contributed by atoms with Gasteiger partial charge in [0.1, 0.15) is 6.10 Å². The van der Waals surface area contributed by atoms with Crippen LogP contribution in [0.25, 0.3) is 22.2 Å². The zero-order valence-electron chi connectivity index (χ0n) is 18.3. The molecule has 3 aromatic rings. The first-order chi connectivity index (χ1) is 14.9. The Morgan fingerprint density at radius 1 is 1.13 bits per heavy atom. The van der Waals surface area contributed by atoms with Crippen LogP contribution in [0.15, 0.2) is 24.4 Å². The van der Waals surface area contributed by atoms with Gasteiger partial charge in [-0.25, -0.2) is 4.98 Å². The highest BCUT2D eigenvalue weighted by molar-refractivity contribution is 5.87. The van der Waals surface area contributed by atoms with Gasteiger partial charge in [0.05, 0.1) is 37.9 Å². The van der Waals surface area contributed by atoms with Crippen LogP contribution in [0.1, 0.15) is 13.3 Å². The van der Waals surface area contributed by atoms with Crippen molar-refractivity contribution in [2.24, 2.45) is 13.0 Å². The Morgan fingerprint density at radius 2 is 1.84 bits per heavy atom. The zero-order chi connectivity index (χ0) is 22.1. The van der Waals surface area contributed by atoms with E-state index in [1.54, 1.807) is 26.0 Å². The van der Waals surface area contributed by atoms with E-state index in [1.165, 1.54) is 0 Å². The molecule has 2 atom stereocenters. The average molecular weight is 426 g/mol. The lowest BCUT2D eigenvalue weighted by Crippen LogP contribution is -2.26. The second-order valence-corrected chi connectivity index (χ2v) is 7.55. The molecule has 2 aromatic heterocycles. The van der Waals surface area contributed by atoms with Gasteiger partial charge in [0.25, 0.3) is 0 Å². The molecule has 1 fully saturated rings. The van der Waals surface area contributed by atoms with Crippen LogP contribution in [-0.2, 0) is 11.8 Å². The van der Waals surface area contributed by atoms with E-state index in [0.29, 0.717) is 41.8 Å². The Bertz CT molecular complexity index is 1100. The van der Waals surface area contributed by atoms with Crippen molar-refractivity contribution in [2.75, 3.05) is 27.9 Å². The highest BCUT2D eigenvalue weighted by Gasteiger charge is 2.29. The number of methoxy groups -OCH3 is 3. The number of carbonyl (C=O) groups excluding carboxylic acids is 1. The summed E-state index contributed by atoms with van der Waals surface area (Å²) in [5.74, 6) is 2.19. The van der Waals surface area contributed by atoms with Crippen LogP contribution in [0.3, 0.4) is 0 Å². The van der Waals surface area contributed by atoms with Gasteiger partial charge in [-0.1, -0.05) is 0 Å². The summed E-state index contributed by atoms with van der Waals surface area (Å²) < 4.78 is 24.4. The number of fused-ring (bicyclic) bond motifs is 1. The number of benzene rings is 1. The quantitative estimate of drug-likeness (QED) is 0.620. The van der Waals surface area contributed by atoms with Gasteiger partial charge in [-0.3, -0.25) is 9.48 Å². The highest BCUT2D eigenvalue weighted by Crippen LogP contribution is 2.41. The molecule has 1 saturated heterocycles. The van der Waals surface area contributed by atoms with Gasteiger partial charge in [0.15, 0.2) is 11.5 Å². The number of pyridine rings is 1. The number of hydrogen-bond acceptors (Lipinski definition) is 7. The van der Waals surface area contributed by atoms with E-state index in [1.807, 2.05) is 38.4 Å². The molecule has 0 saturated carbocycles. The molecular weight excluding hydrogens is 400 g/mol. The Hall–Kier alpha value is -3.49. The lowest BCUT2D eigenvalue weighted by Gasteiger charge is -2.20. The van der Waals surface area contributed by atoms with E-state index in [4.69, 9.17) is 23.9 Å². The number of amides is 1. The van der Waals surface area contributed by atoms with Gasteiger partial charge in [-0.05, 0) is 25.1 Å². The van der Waals surface area contributed by atoms with E-state index >= 15 is 0 Å². The lowest BCUT2D eigenvalue weighted by molar-refractivity contribution is -0.119. The number of hydrogen-bond donors (Lipinski definition) is 1. The van der Waals surface area contributed by atoms with Crippen molar-refractivity contribution in [1.82, 2.24) is 20.1 Å². The standard InChI is InChI=1S/C22H26N4O5/c1-12(14-8-20(27)23-10-14)31-22-15-11-26(2)25-17(15)9-16(24-22)13-6-18(28-3)21(30-5)19(7-13)29-4/h6-7,9,11-12,14H,8,10H2,1-5H3,(H,23,27). The van der Waals surface area contributed by atoms with E-state index in [-0.39, 0.29) is 17.9 Å². The summed E-state index contributed by atoms with van der Waals surface area (Å²) in [4.78, 5) is 16.4. The normalized spacial score (nSPS) is 16.8. The topological polar surface area (TPSA) is 96.7 Å². The maximum atomic E-state index is 11.6. The molecule has 4 rings (SSSR count). The second-order valence-electron chi connectivity index (χ2n) is 7.55. The summed E-state index contributed by atoms with van der Waals surface area (Å²) in [5.41, 5.74) is 2.19. The predicted octanol–water partition coefficient (Wildman–Crippen LogP) is 2.56. The van der Waals surface area contributed by atoms with E-state index < -0.39 is 0 Å². The summed E-state index contributed by atoms with van der Waals surface area (Å²) in [7, 11) is 6.56. The number of aromatic nitrogens is 3. The number of aryl methyl sites for hydroxylation is 1. The Labute approximate surface area is 180 Å². The van der Waals surface area contributed by atoms with Crippen LogP contribution in [-0.4, -0.2) is 54.6 Å². The minimum atomic E-state index is -0.190. The molecule has 1 aliphatic rings. The van der Waals surface area contributed by atoms with Crippen LogP contribution < -0.4 is 24.3 Å². The van der Waals surface area contributed by atoms with Crippen molar-refractivity contribution in [3.63, 3.8) is 0 Å². The van der Waals surface area contributed by atoms with Crippen molar-refractivity contribution in [1.29, 1.82) is 0 Å². The SMILES string of the molecule is COc1cc(-c2cc3nn(C)cc3c(OC(C)C3CNC(=O)C3)n2)cc(OC)c1OC. The minimum Gasteiger partial charge on any atom is -0.493 e. The summed E-state index contributed by atoms with van der Waals surface area (Å²) in [6.07, 6.45) is 2.13. The first-order valence-electron chi connectivity index (χ1n) is 10.0. The van der Waals surface area contributed by atoms with Crippen LogP contribution in [0.2, 0.25) is 0 Å². The van der Waals surface area contributed by atoms with Gasteiger partial charge in [0, 0.05) is 37.7 Å². The number of rotatable bonds is 7. The molecule has 0 radical (unpaired) electrons. The number of carbonyl (C=O) groups is 1. The van der Waals surface area contributed by atoms with E-state index in [2.05, 4.69) is 10.4 Å². The molecule has 1 aromatic carbocycles. The molecule has 1 N–H and O–H groups in total. The van der Waals surface area contributed by atoms with Crippen molar-refractivity contribution in [3.8, 4) is 34.4 Å². The average Bonchev–Trinajstić information content (AvgIpc) is 3.37. The maximum Gasteiger partial charge on any atom is 0.225 e. The molecular formula is C22H26N4O5. The summed E-state index contributed by atoms with van der Waals surface area (Å²) in [6.45, 7) is 2.56. The van der Waals surface area contributed by atoms with E-state index in [0.717, 1.165) is 16.5 Å². The lowest BCUT2D eigenvalue weighted by atomic mass is 10.0. The summed E-state index contributed by atoms with van der Waals surface area (Å²) in [5, 5.41) is 8.20. The molecule has 164 valence electrons. The molecule has 31 heavy (non-hydrogen) atoms. The predicted molar refractivity (Wildman–Crippen MR) is 115 cm³/mol. The van der Waals surface area contributed by atoms with Gasteiger partial charge in [-0.2, -0.15) is 5.10 Å².